The average molecular weight is 392 g/mol. The largest absolute Gasteiger partial charge is 0.375 e. The summed E-state index contributed by atoms with van der Waals surface area (Å²) in [5.41, 5.74) is 0.484. The number of para-hydroxylation sites is 1. The van der Waals surface area contributed by atoms with Crippen LogP contribution in [0.5, 0.6) is 0 Å². The van der Waals surface area contributed by atoms with Crippen LogP contribution in [0, 0.1) is 0 Å². The van der Waals surface area contributed by atoms with E-state index >= 15 is 0 Å². The minimum Gasteiger partial charge on any atom is -0.375 e. The van der Waals surface area contributed by atoms with Crippen molar-refractivity contribution in [1.82, 2.24) is 0 Å². The van der Waals surface area contributed by atoms with Gasteiger partial charge in [0.05, 0.1) is 18.7 Å². The van der Waals surface area contributed by atoms with E-state index < -0.39 is 11.5 Å². The molecule has 0 aliphatic carbocycles. The normalized spacial score (nSPS) is 18.2. The van der Waals surface area contributed by atoms with Crippen LogP contribution >= 0.6 is 11.6 Å². The summed E-state index contributed by atoms with van der Waals surface area (Å²) in [6.45, 7) is 0.324. The molecule has 0 spiro atoms. The first-order chi connectivity index (χ1) is 13.5. The number of carbonyl (C=O) groups excluding carboxylic acids is 2. The van der Waals surface area contributed by atoms with Crippen molar-refractivity contribution in [3.8, 4) is 0 Å². The molecule has 1 heterocycles. The van der Waals surface area contributed by atoms with E-state index in [1.165, 1.54) is 4.90 Å². The van der Waals surface area contributed by atoms with Crippen LogP contribution in [0.25, 0.3) is 0 Å². The molecule has 0 aromatic heterocycles. The number of anilines is 1. The van der Waals surface area contributed by atoms with Gasteiger partial charge in [-0.2, -0.15) is 0 Å². The van der Waals surface area contributed by atoms with Crippen molar-refractivity contribution in [3.05, 3.63) is 101 Å². The van der Waals surface area contributed by atoms with Crippen molar-refractivity contribution < 1.29 is 14.7 Å². The molecule has 3 aromatic rings. The summed E-state index contributed by atoms with van der Waals surface area (Å²) in [7, 11) is 0. The minimum absolute atomic E-state index is 0.324. The molecule has 140 valence electrons. The van der Waals surface area contributed by atoms with Gasteiger partial charge in [0.25, 0.3) is 5.91 Å². The third-order valence-corrected chi connectivity index (χ3v) is 5.22. The van der Waals surface area contributed by atoms with Crippen molar-refractivity contribution in [2.24, 2.45) is 0 Å². The highest BCUT2D eigenvalue weighted by Crippen LogP contribution is 2.43. The topological polar surface area (TPSA) is 57.6 Å². The molecule has 0 radical (unpaired) electrons. The van der Waals surface area contributed by atoms with E-state index in [0.29, 0.717) is 28.4 Å². The average Bonchev–Trinajstić information content (AvgIpc) is 2.91. The quantitative estimate of drug-likeness (QED) is 0.658. The number of amides is 1. The number of nitrogens with zero attached hydrogens (tertiary/aromatic N) is 1. The van der Waals surface area contributed by atoms with Gasteiger partial charge >= 0.3 is 0 Å². The van der Waals surface area contributed by atoms with E-state index in [2.05, 4.69) is 0 Å². The van der Waals surface area contributed by atoms with Gasteiger partial charge in [-0.3, -0.25) is 9.59 Å². The van der Waals surface area contributed by atoms with Gasteiger partial charge in [0.1, 0.15) is 0 Å². The first-order valence-electron chi connectivity index (χ1n) is 8.95. The Morgan fingerprint density at radius 1 is 0.964 bits per heavy atom. The number of benzene rings is 3. The maximum atomic E-state index is 13.2. The van der Waals surface area contributed by atoms with Gasteiger partial charge in [-0.05, 0) is 23.8 Å². The zero-order valence-corrected chi connectivity index (χ0v) is 15.8. The second kappa shape index (κ2) is 7.23. The predicted molar refractivity (Wildman–Crippen MR) is 108 cm³/mol. The second-order valence-electron chi connectivity index (χ2n) is 6.86. The third-order valence-electron chi connectivity index (χ3n) is 4.99. The van der Waals surface area contributed by atoms with Crippen LogP contribution in [0.4, 0.5) is 5.69 Å². The minimum atomic E-state index is -1.90. The van der Waals surface area contributed by atoms with Gasteiger partial charge < -0.3 is 10.0 Å². The van der Waals surface area contributed by atoms with Crippen molar-refractivity contribution in [1.29, 1.82) is 0 Å². The summed E-state index contributed by atoms with van der Waals surface area (Å²) in [6, 6.07) is 23.1. The number of halogens is 1. The van der Waals surface area contributed by atoms with Crippen LogP contribution in [-0.4, -0.2) is 16.8 Å². The SMILES string of the molecule is O=C(C[C@@]1(O)C(=O)N(Cc2ccccc2)c2ccccc21)c1cccc(Cl)c1. The standard InChI is InChI=1S/C23H18ClNO3/c24-18-10-6-9-17(13-18)21(26)14-23(28)19-11-4-5-12-20(19)25(22(23)27)15-16-7-2-1-3-8-16/h1-13,28H,14-15H2/t23-/m0/s1. The Balaban J connectivity index is 1.68. The van der Waals surface area contributed by atoms with Crippen LogP contribution in [0.3, 0.4) is 0 Å². The fourth-order valence-electron chi connectivity index (χ4n) is 3.60. The molecule has 0 fully saturated rings. The second-order valence-corrected chi connectivity index (χ2v) is 7.30. The summed E-state index contributed by atoms with van der Waals surface area (Å²) < 4.78 is 0. The number of hydrogen-bond acceptors (Lipinski definition) is 3. The van der Waals surface area contributed by atoms with Crippen LogP contribution in [0.2, 0.25) is 5.02 Å². The summed E-state index contributed by atoms with van der Waals surface area (Å²) in [5.74, 6) is -0.831. The first kappa shape index (κ1) is 18.4. The number of aliphatic hydroxyl groups is 1. The maximum Gasteiger partial charge on any atom is 0.264 e. The van der Waals surface area contributed by atoms with Gasteiger partial charge in [-0.25, -0.2) is 0 Å². The number of fused-ring (bicyclic) bond motifs is 1. The maximum absolute atomic E-state index is 13.2. The molecule has 3 aromatic carbocycles. The molecule has 1 N–H and O–H groups in total. The Bertz CT molecular complexity index is 1050. The van der Waals surface area contributed by atoms with E-state index in [-0.39, 0.29) is 12.2 Å². The number of rotatable bonds is 5. The summed E-state index contributed by atoms with van der Waals surface area (Å²) in [6.07, 6.45) is -0.339. The van der Waals surface area contributed by atoms with Gasteiger partial charge in [-0.1, -0.05) is 72.3 Å². The van der Waals surface area contributed by atoms with E-state index in [4.69, 9.17) is 11.6 Å². The molecule has 1 aliphatic rings. The summed E-state index contributed by atoms with van der Waals surface area (Å²) in [5, 5.41) is 11.7. The molecule has 0 unspecified atom stereocenters. The van der Waals surface area contributed by atoms with E-state index in [1.54, 1.807) is 42.5 Å². The Morgan fingerprint density at radius 3 is 2.43 bits per heavy atom. The van der Waals surface area contributed by atoms with Crippen molar-refractivity contribution in [3.63, 3.8) is 0 Å². The number of ketones is 1. The lowest BCUT2D eigenvalue weighted by molar-refractivity contribution is -0.136. The lowest BCUT2D eigenvalue weighted by atomic mass is 9.88. The van der Waals surface area contributed by atoms with Crippen molar-refractivity contribution in [2.45, 2.75) is 18.6 Å². The summed E-state index contributed by atoms with van der Waals surface area (Å²) in [4.78, 5) is 27.5. The highest BCUT2D eigenvalue weighted by Gasteiger charge is 2.50. The van der Waals surface area contributed by atoms with Gasteiger partial charge in [-0.15, -0.1) is 0 Å². The van der Waals surface area contributed by atoms with Gasteiger partial charge in [0, 0.05) is 16.1 Å². The first-order valence-corrected chi connectivity index (χ1v) is 9.33. The van der Waals surface area contributed by atoms with E-state index in [9.17, 15) is 14.7 Å². The highest BCUT2D eigenvalue weighted by atomic mass is 35.5. The molecular formula is C23H18ClNO3. The van der Waals surface area contributed by atoms with Crippen LogP contribution in [0.1, 0.15) is 27.9 Å². The van der Waals surface area contributed by atoms with E-state index in [1.807, 2.05) is 36.4 Å². The smallest absolute Gasteiger partial charge is 0.264 e. The molecule has 0 bridgehead atoms. The number of Topliss-reactive ketones (excluding diaryl/α,β-unsaturated/α-hetero) is 1. The molecule has 0 saturated heterocycles. The molecule has 1 atom stereocenters. The van der Waals surface area contributed by atoms with E-state index in [0.717, 1.165) is 5.56 Å². The molecule has 0 saturated carbocycles. The highest BCUT2D eigenvalue weighted by molar-refractivity contribution is 6.31. The van der Waals surface area contributed by atoms with Gasteiger partial charge in [0.15, 0.2) is 11.4 Å². The third kappa shape index (κ3) is 3.21. The van der Waals surface area contributed by atoms with Gasteiger partial charge in [0.2, 0.25) is 0 Å². The zero-order chi connectivity index (χ0) is 19.7. The van der Waals surface area contributed by atoms with Crippen LogP contribution in [0.15, 0.2) is 78.9 Å². The molecule has 4 rings (SSSR count). The Kier molecular flexibility index (Phi) is 4.75. The molecular weight excluding hydrogens is 374 g/mol. The zero-order valence-electron chi connectivity index (χ0n) is 15.0. The number of hydrogen-bond donors (Lipinski definition) is 1. The molecule has 4 nitrogen and oxygen atoms in total. The monoisotopic (exact) mass is 391 g/mol. The molecule has 5 heteroatoms. The molecule has 1 aliphatic heterocycles. The summed E-state index contributed by atoms with van der Waals surface area (Å²) >= 11 is 5.97. The van der Waals surface area contributed by atoms with Crippen molar-refractivity contribution in [2.75, 3.05) is 4.90 Å². The lowest BCUT2D eigenvalue weighted by Crippen LogP contribution is -2.41. The Labute approximate surface area is 168 Å². The van der Waals surface area contributed by atoms with Crippen LogP contribution in [-0.2, 0) is 16.9 Å². The number of carbonyl (C=O) groups is 2. The Morgan fingerprint density at radius 2 is 1.68 bits per heavy atom. The lowest BCUT2D eigenvalue weighted by Gasteiger charge is -2.23. The molecule has 1 amide bonds. The Hall–Kier alpha value is -2.95. The molecule has 28 heavy (non-hydrogen) atoms. The predicted octanol–water partition coefficient (Wildman–Crippen LogP) is 4.35. The fraction of sp³-hybridized carbons (Fsp3) is 0.130. The van der Waals surface area contributed by atoms with Crippen molar-refractivity contribution >= 4 is 29.0 Å². The van der Waals surface area contributed by atoms with Crippen LogP contribution < -0.4 is 4.90 Å². The fourth-order valence-corrected chi connectivity index (χ4v) is 3.79.